The number of hydrogen-bond acceptors (Lipinski definition) is 4. The number of benzene rings is 3. The van der Waals surface area contributed by atoms with Crippen molar-refractivity contribution in [2.75, 3.05) is 7.11 Å². The Balaban J connectivity index is 1.30. The van der Waals surface area contributed by atoms with Crippen LogP contribution in [0.2, 0.25) is 0 Å². The van der Waals surface area contributed by atoms with E-state index >= 15 is 0 Å². The Morgan fingerprint density at radius 1 is 0.917 bits per heavy atom. The second-order valence-electron chi connectivity index (χ2n) is 9.17. The van der Waals surface area contributed by atoms with Crippen LogP contribution in [-0.2, 0) is 12.8 Å². The van der Waals surface area contributed by atoms with Gasteiger partial charge in [-0.1, -0.05) is 66.7 Å². The summed E-state index contributed by atoms with van der Waals surface area (Å²) in [5, 5.41) is 0. The summed E-state index contributed by atoms with van der Waals surface area (Å²) in [6, 6.07) is 27.1. The number of H-pyrrole nitrogens is 1. The summed E-state index contributed by atoms with van der Waals surface area (Å²) in [5.41, 5.74) is 5.52. The summed E-state index contributed by atoms with van der Waals surface area (Å²) < 4.78 is 7.28. The number of imidazole rings is 1. The number of nitrogens with one attached hydrogen (secondary N) is 1. The first-order valence-electron chi connectivity index (χ1n) is 12.3. The summed E-state index contributed by atoms with van der Waals surface area (Å²) >= 11 is 0. The van der Waals surface area contributed by atoms with Crippen LogP contribution in [0.25, 0.3) is 22.3 Å². The molecule has 5 aromatic rings. The van der Waals surface area contributed by atoms with E-state index in [4.69, 9.17) is 9.72 Å². The third kappa shape index (κ3) is 5.23. The molecule has 36 heavy (non-hydrogen) atoms. The summed E-state index contributed by atoms with van der Waals surface area (Å²) in [6.45, 7) is 2.16. The standard InChI is InChI=1S/C30H30N4O2/c1-21(7-6-10-22-8-4-3-5-9-22)34-20-31-28-29(34)32-27(33-30(28)35)19-23-11-13-24(14-12-23)25-15-17-26(36-2)18-16-25/h3-5,8-9,11-18,20-21H,6-7,10,19H2,1-2H3,(H,32,33,35). The molecule has 1 N–H and O–H groups in total. The van der Waals surface area contributed by atoms with Crippen molar-refractivity contribution in [2.45, 2.75) is 38.6 Å². The molecule has 1 atom stereocenters. The SMILES string of the molecule is COc1ccc(-c2ccc(Cc3nc4c(ncn4C(C)CCCc4ccccc4)c(=O)[nH]3)cc2)cc1. The van der Waals surface area contributed by atoms with E-state index in [-0.39, 0.29) is 11.6 Å². The molecular formula is C30H30N4O2. The van der Waals surface area contributed by atoms with Crippen molar-refractivity contribution >= 4 is 11.2 Å². The molecule has 182 valence electrons. The topological polar surface area (TPSA) is 72.8 Å². The van der Waals surface area contributed by atoms with E-state index in [1.807, 2.05) is 34.9 Å². The number of hydrogen-bond donors (Lipinski definition) is 1. The molecule has 0 amide bonds. The summed E-state index contributed by atoms with van der Waals surface area (Å²) in [5.74, 6) is 1.48. The van der Waals surface area contributed by atoms with Gasteiger partial charge in [-0.05, 0) is 60.6 Å². The molecule has 0 aliphatic rings. The van der Waals surface area contributed by atoms with Crippen LogP contribution in [0.15, 0.2) is 90.0 Å². The van der Waals surface area contributed by atoms with Crippen molar-refractivity contribution in [2.24, 2.45) is 0 Å². The van der Waals surface area contributed by atoms with Gasteiger partial charge in [0.1, 0.15) is 11.6 Å². The average Bonchev–Trinajstić information content (AvgIpc) is 3.34. The summed E-state index contributed by atoms with van der Waals surface area (Å²) in [4.78, 5) is 24.8. The van der Waals surface area contributed by atoms with Crippen LogP contribution in [0.1, 0.15) is 42.8 Å². The van der Waals surface area contributed by atoms with Crippen LogP contribution in [-0.4, -0.2) is 26.6 Å². The lowest BCUT2D eigenvalue weighted by Crippen LogP contribution is -2.14. The van der Waals surface area contributed by atoms with Gasteiger partial charge in [0.15, 0.2) is 11.2 Å². The molecule has 2 aromatic heterocycles. The Bertz CT molecular complexity index is 1490. The minimum Gasteiger partial charge on any atom is -0.497 e. The quantitative estimate of drug-likeness (QED) is 0.283. The highest BCUT2D eigenvalue weighted by Gasteiger charge is 2.15. The number of ether oxygens (including phenoxy) is 1. The van der Waals surface area contributed by atoms with E-state index in [9.17, 15) is 4.79 Å². The summed E-state index contributed by atoms with van der Waals surface area (Å²) in [6.07, 6.45) is 5.36. The molecule has 0 aliphatic heterocycles. The second-order valence-corrected chi connectivity index (χ2v) is 9.17. The van der Waals surface area contributed by atoms with Gasteiger partial charge in [-0.2, -0.15) is 0 Å². The second kappa shape index (κ2) is 10.6. The number of rotatable bonds is 9. The number of aryl methyl sites for hydroxylation is 1. The maximum Gasteiger partial charge on any atom is 0.279 e. The predicted octanol–water partition coefficient (Wildman–Crippen LogP) is 5.97. The van der Waals surface area contributed by atoms with Gasteiger partial charge in [0, 0.05) is 12.5 Å². The lowest BCUT2D eigenvalue weighted by molar-refractivity contribution is 0.415. The van der Waals surface area contributed by atoms with Crippen molar-refractivity contribution in [1.29, 1.82) is 0 Å². The highest BCUT2D eigenvalue weighted by atomic mass is 16.5. The van der Waals surface area contributed by atoms with Gasteiger partial charge in [-0.3, -0.25) is 4.79 Å². The lowest BCUT2D eigenvalue weighted by Gasteiger charge is -2.14. The molecule has 6 nitrogen and oxygen atoms in total. The van der Waals surface area contributed by atoms with Gasteiger partial charge in [-0.15, -0.1) is 0 Å². The largest absolute Gasteiger partial charge is 0.497 e. The molecule has 3 aromatic carbocycles. The minimum absolute atomic E-state index is 0.194. The van der Waals surface area contributed by atoms with Crippen LogP contribution in [0.3, 0.4) is 0 Å². The van der Waals surface area contributed by atoms with Crippen molar-refractivity contribution < 1.29 is 4.74 Å². The molecule has 0 saturated carbocycles. The van der Waals surface area contributed by atoms with E-state index < -0.39 is 0 Å². The van der Waals surface area contributed by atoms with Gasteiger partial charge in [0.05, 0.1) is 13.4 Å². The molecule has 6 heteroatoms. The van der Waals surface area contributed by atoms with E-state index in [1.54, 1.807) is 13.4 Å². The van der Waals surface area contributed by atoms with Crippen LogP contribution >= 0.6 is 0 Å². The first-order valence-corrected chi connectivity index (χ1v) is 12.3. The zero-order valence-electron chi connectivity index (χ0n) is 20.6. The van der Waals surface area contributed by atoms with Gasteiger partial charge in [0.2, 0.25) is 0 Å². The molecule has 0 spiro atoms. The Morgan fingerprint density at radius 2 is 1.61 bits per heavy atom. The maximum absolute atomic E-state index is 12.7. The van der Waals surface area contributed by atoms with E-state index in [1.165, 1.54) is 5.56 Å². The van der Waals surface area contributed by atoms with Crippen molar-refractivity contribution in [3.63, 3.8) is 0 Å². The minimum atomic E-state index is -0.194. The number of aromatic nitrogens is 4. The van der Waals surface area contributed by atoms with E-state index in [2.05, 4.69) is 65.4 Å². The zero-order chi connectivity index (χ0) is 24.9. The van der Waals surface area contributed by atoms with Gasteiger partial charge in [-0.25, -0.2) is 9.97 Å². The van der Waals surface area contributed by atoms with Crippen LogP contribution < -0.4 is 10.3 Å². The molecule has 0 bridgehead atoms. The van der Waals surface area contributed by atoms with Crippen molar-refractivity contribution in [1.82, 2.24) is 19.5 Å². The zero-order valence-corrected chi connectivity index (χ0v) is 20.6. The third-order valence-electron chi connectivity index (χ3n) is 6.64. The van der Waals surface area contributed by atoms with Crippen molar-refractivity contribution in [3.8, 4) is 16.9 Å². The van der Waals surface area contributed by atoms with Crippen molar-refractivity contribution in [3.05, 3.63) is 112 Å². The number of fused-ring (bicyclic) bond motifs is 1. The third-order valence-corrected chi connectivity index (χ3v) is 6.64. The Kier molecular flexibility index (Phi) is 6.94. The molecule has 2 heterocycles. The molecule has 0 aliphatic carbocycles. The van der Waals surface area contributed by atoms with Gasteiger partial charge in [0.25, 0.3) is 5.56 Å². The first-order chi connectivity index (χ1) is 17.6. The number of aromatic amines is 1. The fourth-order valence-corrected chi connectivity index (χ4v) is 4.56. The number of methoxy groups -OCH3 is 1. The molecule has 0 fully saturated rings. The normalized spacial score (nSPS) is 12.1. The first kappa shape index (κ1) is 23.5. The van der Waals surface area contributed by atoms with Gasteiger partial charge >= 0.3 is 0 Å². The number of nitrogens with zero attached hydrogens (tertiary/aromatic N) is 3. The van der Waals surface area contributed by atoms with Crippen LogP contribution in [0.5, 0.6) is 5.75 Å². The maximum atomic E-state index is 12.7. The highest BCUT2D eigenvalue weighted by Crippen LogP contribution is 2.24. The Hall–Kier alpha value is -4.19. The van der Waals surface area contributed by atoms with E-state index in [0.717, 1.165) is 41.7 Å². The van der Waals surface area contributed by atoms with Gasteiger partial charge < -0.3 is 14.3 Å². The Labute approximate surface area is 210 Å². The smallest absolute Gasteiger partial charge is 0.279 e. The fraction of sp³-hybridized carbons (Fsp3) is 0.233. The monoisotopic (exact) mass is 478 g/mol. The molecule has 1 unspecified atom stereocenters. The lowest BCUT2D eigenvalue weighted by atomic mass is 10.0. The van der Waals surface area contributed by atoms with Crippen LogP contribution in [0, 0.1) is 0 Å². The Morgan fingerprint density at radius 3 is 2.31 bits per heavy atom. The summed E-state index contributed by atoms with van der Waals surface area (Å²) in [7, 11) is 1.67. The van der Waals surface area contributed by atoms with E-state index in [0.29, 0.717) is 23.4 Å². The highest BCUT2D eigenvalue weighted by molar-refractivity contribution is 5.69. The predicted molar refractivity (Wildman–Crippen MR) is 143 cm³/mol. The average molecular weight is 479 g/mol. The molecular weight excluding hydrogens is 448 g/mol. The molecule has 0 radical (unpaired) electrons. The fourth-order valence-electron chi connectivity index (χ4n) is 4.56. The molecule has 5 rings (SSSR count). The molecule has 0 saturated heterocycles. The van der Waals surface area contributed by atoms with Crippen LogP contribution in [0.4, 0.5) is 0 Å².